The molecule has 2 aromatic carbocycles. The molecule has 0 aromatic heterocycles. The maximum atomic E-state index is 11.7. The van der Waals surface area contributed by atoms with Crippen molar-refractivity contribution >= 4 is 6.29 Å². The number of carbonyl (C=O) groups is 1. The maximum absolute atomic E-state index is 11.7. The molecule has 0 atom stereocenters. The molecule has 1 heteroatoms. The first-order chi connectivity index (χ1) is 9.76. The standard InChI is InChI=1S/C20H22O/c1-19(2,3)14-10-13(12-21)18-15-8-6-7-9-16(15)20(4,5)17(18)11-14/h6-12H,1-5H3. The van der Waals surface area contributed by atoms with Gasteiger partial charge in [0.1, 0.15) is 0 Å². The maximum Gasteiger partial charge on any atom is 0.150 e. The summed E-state index contributed by atoms with van der Waals surface area (Å²) in [7, 11) is 0. The van der Waals surface area contributed by atoms with Gasteiger partial charge in [-0.05, 0) is 39.3 Å². The normalized spacial score (nSPS) is 15.5. The van der Waals surface area contributed by atoms with Gasteiger partial charge < -0.3 is 0 Å². The lowest BCUT2D eigenvalue weighted by molar-refractivity contribution is 0.112. The number of benzene rings is 2. The van der Waals surface area contributed by atoms with E-state index in [4.69, 9.17) is 0 Å². The summed E-state index contributed by atoms with van der Waals surface area (Å²) in [6, 6.07) is 12.8. The highest BCUT2D eigenvalue weighted by Crippen LogP contribution is 2.50. The molecule has 0 N–H and O–H groups in total. The highest BCUT2D eigenvalue weighted by Gasteiger charge is 2.37. The van der Waals surface area contributed by atoms with Gasteiger partial charge in [-0.15, -0.1) is 0 Å². The lowest BCUT2D eigenvalue weighted by Crippen LogP contribution is -2.18. The van der Waals surface area contributed by atoms with E-state index >= 15 is 0 Å². The molecule has 108 valence electrons. The minimum atomic E-state index is -0.0506. The smallest absolute Gasteiger partial charge is 0.150 e. The second kappa shape index (κ2) is 4.30. The number of fused-ring (bicyclic) bond motifs is 3. The van der Waals surface area contributed by atoms with E-state index in [1.54, 1.807) is 0 Å². The molecule has 0 saturated carbocycles. The monoisotopic (exact) mass is 278 g/mol. The SMILES string of the molecule is CC(C)(C)c1cc(C=O)c2c(c1)C(C)(C)c1ccccc1-2. The van der Waals surface area contributed by atoms with Gasteiger partial charge in [0, 0.05) is 11.0 Å². The van der Waals surface area contributed by atoms with Crippen LogP contribution in [0.3, 0.4) is 0 Å². The molecule has 0 spiro atoms. The molecule has 21 heavy (non-hydrogen) atoms. The zero-order valence-corrected chi connectivity index (χ0v) is 13.4. The molecule has 0 fully saturated rings. The number of aldehydes is 1. The van der Waals surface area contributed by atoms with Crippen LogP contribution in [0.2, 0.25) is 0 Å². The van der Waals surface area contributed by atoms with Gasteiger partial charge >= 0.3 is 0 Å². The Morgan fingerprint density at radius 3 is 2.29 bits per heavy atom. The summed E-state index contributed by atoms with van der Waals surface area (Å²) in [6.45, 7) is 11.1. The van der Waals surface area contributed by atoms with E-state index in [2.05, 4.69) is 71.0 Å². The molecule has 0 amide bonds. The average molecular weight is 278 g/mol. The van der Waals surface area contributed by atoms with Crippen LogP contribution in [0.1, 0.15) is 61.7 Å². The van der Waals surface area contributed by atoms with Gasteiger partial charge in [-0.1, -0.05) is 65.0 Å². The van der Waals surface area contributed by atoms with E-state index < -0.39 is 0 Å². The molecular formula is C20H22O. The van der Waals surface area contributed by atoms with Crippen LogP contribution in [0.15, 0.2) is 36.4 Å². The number of rotatable bonds is 1. The molecule has 0 saturated heterocycles. The zero-order valence-electron chi connectivity index (χ0n) is 13.4. The Hall–Kier alpha value is -1.89. The van der Waals surface area contributed by atoms with Gasteiger partial charge in [0.25, 0.3) is 0 Å². The molecule has 0 radical (unpaired) electrons. The second-order valence-electron chi connectivity index (χ2n) is 7.53. The Kier molecular flexibility index (Phi) is 2.88. The number of carbonyl (C=O) groups excluding carboxylic acids is 1. The topological polar surface area (TPSA) is 17.1 Å². The molecule has 1 aliphatic carbocycles. The van der Waals surface area contributed by atoms with Gasteiger partial charge in [-0.3, -0.25) is 4.79 Å². The minimum Gasteiger partial charge on any atom is -0.298 e. The van der Waals surface area contributed by atoms with Crippen molar-refractivity contribution in [3.63, 3.8) is 0 Å². The predicted molar refractivity (Wildman–Crippen MR) is 88.1 cm³/mol. The Bertz CT molecular complexity index is 730. The first kappa shape index (κ1) is 14.1. The van der Waals surface area contributed by atoms with Crippen molar-refractivity contribution in [3.05, 3.63) is 58.7 Å². The van der Waals surface area contributed by atoms with Gasteiger partial charge in [0.2, 0.25) is 0 Å². The third-order valence-electron chi connectivity index (χ3n) is 4.70. The molecule has 0 bridgehead atoms. The van der Waals surface area contributed by atoms with Gasteiger partial charge in [0.05, 0.1) is 0 Å². The van der Waals surface area contributed by atoms with Crippen LogP contribution < -0.4 is 0 Å². The van der Waals surface area contributed by atoms with Crippen molar-refractivity contribution in [1.82, 2.24) is 0 Å². The molecule has 0 unspecified atom stereocenters. The summed E-state index contributed by atoms with van der Waals surface area (Å²) < 4.78 is 0. The van der Waals surface area contributed by atoms with Crippen molar-refractivity contribution < 1.29 is 4.79 Å². The average Bonchev–Trinajstić information content (AvgIpc) is 2.66. The lowest BCUT2D eigenvalue weighted by atomic mass is 9.78. The zero-order chi connectivity index (χ0) is 15.4. The van der Waals surface area contributed by atoms with E-state index in [9.17, 15) is 4.79 Å². The lowest BCUT2D eigenvalue weighted by Gasteiger charge is -2.26. The van der Waals surface area contributed by atoms with Crippen molar-refractivity contribution in [3.8, 4) is 11.1 Å². The van der Waals surface area contributed by atoms with E-state index in [0.29, 0.717) is 0 Å². The third-order valence-corrected chi connectivity index (χ3v) is 4.70. The molecule has 1 nitrogen and oxygen atoms in total. The second-order valence-corrected chi connectivity index (χ2v) is 7.53. The fraction of sp³-hybridized carbons (Fsp3) is 0.350. The van der Waals surface area contributed by atoms with Gasteiger partial charge in [-0.2, -0.15) is 0 Å². The van der Waals surface area contributed by atoms with Crippen LogP contribution in [0.4, 0.5) is 0 Å². The Balaban J connectivity index is 2.40. The quantitative estimate of drug-likeness (QED) is 0.663. The number of hydrogen-bond donors (Lipinski definition) is 0. The summed E-state index contributed by atoms with van der Waals surface area (Å²) >= 11 is 0. The Morgan fingerprint density at radius 2 is 1.67 bits per heavy atom. The molecule has 1 aliphatic rings. The minimum absolute atomic E-state index is 0.0393. The molecule has 0 heterocycles. The van der Waals surface area contributed by atoms with E-state index in [1.165, 1.54) is 22.3 Å². The highest BCUT2D eigenvalue weighted by molar-refractivity contribution is 5.94. The van der Waals surface area contributed by atoms with E-state index in [0.717, 1.165) is 17.4 Å². The highest BCUT2D eigenvalue weighted by atomic mass is 16.1. The van der Waals surface area contributed by atoms with Crippen molar-refractivity contribution in [2.24, 2.45) is 0 Å². The fourth-order valence-corrected chi connectivity index (χ4v) is 3.38. The van der Waals surface area contributed by atoms with Crippen LogP contribution in [-0.4, -0.2) is 6.29 Å². The first-order valence-electron chi connectivity index (χ1n) is 7.51. The first-order valence-corrected chi connectivity index (χ1v) is 7.51. The van der Waals surface area contributed by atoms with Crippen molar-refractivity contribution in [1.29, 1.82) is 0 Å². The Morgan fingerprint density at radius 1 is 1.00 bits per heavy atom. The van der Waals surface area contributed by atoms with Crippen molar-refractivity contribution in [2.75, 3.05) is 0 Å². The molecular weight excluding hydrogens is 256 g/mol. The summed E-state index contributed by atoms with van der Waals surface area (Å²) in [5, 5.41) is 0. The van der Waals surface area contributed by atoms with Crippen LogP contribution in [-0.2, 0) is 10.8 Å². The largest absolute Gasteiger partial charge is 0.298 e. The predicted octanol–water partition coefficient (Wildman–Crippen LogP) is 5.10. The fourth-order valence-electron chi connectivity index (χ4n) is 3.38. The van der Waals surface area contributed by atoms with Crippen LogP contribution in [0, 0.1) is 0 Å². The molecule has 2 aromatic rings. The Labute approximate surface area is 127 Å². The van der Waals surface area contributed by atoms with Crippen molar-refractivity contribution in [2.45, 2.75) is 45.4 Å². The number of hydrogen-bond acceptors (Lipinski definition) is 1. The van der Waals surface area contributed by atoms with E-state index in [1.807, 2.05) is 0 Å². The summed E-state index contributed by atoms with van der Waals surface area (Å²) in [5.74, 6) is 0. The van der Waals surface area contributed by atoms with Gasteiger partial charge in [-0.25, -0.2) is 0 Å². The molecule has 3 rings (SSSR count). The summed E-state index contributed by atoms with van der Waals surface area (Å²) in [5.41, 5.74) is 6.95. The summed E-state index contributed by atoms with van der Waals surface area (Å²) in [6.07, 6.45) is 1.01. The molecule has 0 aliphatic heterocycles. The van der Waals surface area contributed by atoms with Crippen LogP contribution in [0.25, 0.3) is 11.1 Å². The van der Waals surface area contributed by atoms with Gasteiger partial charge in [0.15, 0.2) is 6.29 Å². The third kappa shape index (κ3) is 1.95. The van der Waals surface area contributed by atoms with Crippen LogP contribution in [0.5, 0.6) is 0 Å². The summed E-state index contributed by atoms with van der Waals surface area (Å²) in [4.78, 5) is 11.7. The van der Waals surface area contributed by atoms with E-state index in [-0.39, 0.29) is 10.8 Å². The van der Waals surface area contributed by atoms with Crippen LogP contribution >= 0.6 is 0 Å².